The van der Waals surface area contributed by atoms with Gasteiger partial charge in [-0.05, 0) is 37.6 Å². The number of para-hydroxylation sites is 1. The Morgan fingerprint density at radius 2 is 1.72 bits per heavy atom. The summed E-state index contributed by atoms with van der Waals surface area (Å²) in [6, 6.07) is 18.2. The molecule has 0 atom stereocenters. The molecule has 2 aromatic carbocycles. The number of benzene rings is 2. The molecule has 7 heteroatoms. The molecule has 0 aliphatic rings. The first-order chi connectivity index (χ1) is 14.1. The van der Waals surface area contributed by atoms with Crippen molar-refractivity contribution >= 4 is 23.5 Å². The molecule has 0 bridgehead atoms. The average molecular weight is 390 g/mol. The zero-order valence-electron chi connectivity index (χ0n) is 16.3. The predicted molar refractivity (Wildman–Crippen MR) is 110 cm³/mol. The predicted octanol–water partition coefficient (Wildman–Crippen LogP) is 3.64. The van der Waals surface area contributed by atoms with E-state index in [4.69, 9.17) is 4.74 Å². The lowest BCUT2D eigenvalue weighted by molar-refractivity contribution is 0.0527. The highest BCUT2D eigenvalue weighted by molar-refractivity contribution is 5.96. The molecule has 0 radical (unpaired) electrons. The molecule has 0 unspecified atom stereocenters. The highest BCUT2D eigenvalue weighted by atomic mass is 16.5. The van der Waals surface area contributed by atoms with E-state index in [0.717, 1.165) is 5.56 Å². The largest absolute Gasteiger partial charge is 0.462 e. The van der Waals surface area contributed by atoms with Crippen molar-refractivity contribution in [3.05, 3.63) is 83.2 Å². The number of aryl methyl sites for hydroxylation is 1. The summed E-state index contributed by atoms with van der Waals surface area (Å²) in [6.07, 6.45) is 0. The summed E-state index contributed by atoms with van der Waals surface area (Å²) in [5.74, 6) is -0.517. The fourth-order valence-corrected chi connectivity index (χ4v) is 2.71. The third kappa shape index (κ3) is 5.38. The van der Waals surface area contributed by atoms with Crippen LogP contribution in [0.15, 0.2) is 60.7 Å². The molecular weight excluding hydrogens is 368 g/mol. The number of amides is 1. The van der Waals surface area contributed by atoms with E-state index in [1.165, 1.54) is 0 Å². The summed E-state index contributed by atoms with van der Waals surface area (Å²) in [5, 5.41) is 5.87. The Kier molecular flexibility index (Phi) is 6.52. The van der Waals surface area contributed by atoms with Crippen molar-refractivity contribution in [3.63, 3.8) is 0 Å². The third-order valence-corrected chi connectivity index (χ3v) is 4.05. The molecule has 1 aromatic heterocycles. The Morgan fingerprint density at radius 3 is 2.48 bits per heavy atom. The molecule has 29 heavy (non-hydrogen) atoms. The van der Waals surface area contributed by atoms with Crippen LogP contribution in [0.25, 0.3) is 0 Å². The van der Waals surface area contributed by atoms with Crippen LogP contribution >= 0.6 is 0 Å². The second kappa shape index (κ2) is 9.45. The van der Waals surface area contributed by atoms with Crippen LogP contribution in [-0.4, -0.2) is 28.5 Å². The van der Waals surface area contributed by atoms with Crippen LogP contribution in [0.1, 0.15) is 39.0 Å². The second-order valence-electron chi connectivity index (χ2n) is 6.28. The van der Waals surface area contributed by atoms with Gasteiger partial charge in [0.1, 0.15) is 5.69 Å². The van der Waals surface area contributed by atoms with E-state index in [9.17, 15) is 9.59 Å². The number of aromatic nitrogens is 2. The maximum Gasteiger partial charge on any atom is 0.340 e. The number of nitrogens with zero attached hydrogens (tertiary/aromatic N) is 2. The lowest BCUT2D eigenvalue weighted by atomic mass is 10.2. The van der Waals surface area contributed by atoms with Gasteiger partial charge in [-0.15, -0.1) is 0 Å². The third-order valence-electron chi connectivity index (χ3n) is 4.05. The summed E-state index contributed by atoms with van der Waals surface area (Å²) < 4.78 is 5.08. The first-order valence-electron chi connectivity index (χ1n) is 9.28. The Hall–Kier alpha value is -3.74. The van der Waals surface area contributed by atoms with Crippen LogP contribution in [0.2, 0.25) is 0 Å². The minimum Gasteiger partial charge on any atom is -0.462 e. The summed E-state index contributed by atoms with van der Waals surface area (Å²) >= 11 is 0. The van der Waals surface area contributed by atoms with Crippen LogP contribution in [-0.2, 0) is 11.3 Å². The number of hydrogen-bond donors (Lipinski definition) is 2. The molecule has 2 N–H and O–H groups in total. The van der Waals surface area contributed by atoms with Crippen molar-refractivity contribution in [2.75, 3.05) is 11.9 Å². The molecule has 1 amide bonds. The van der Waals surface area contributed by atoms with Crippen LogP contribution in [0.3, 0.4) is 0 Å². The van der Waals surface area contributed by atoms with Crippen LogP contribution in [0.5, 0.6) is 0 Å². The average Bonchev–Trinajstić information content (AvgIpc) is 2.73. The molecule has 3 aromatic rings. The smallest absolute Gasteiger partial charge is 0.340 e. The number of anilines is 2. The molecule has 0 saturated carbocycles. The number of nitrogens with one attached hydrogen (secondary N) is 2. The highest BCUT2D eigenvalue weighted by Crippen LogP contribution is 2.20. The maximum atomic E-state index is 12.5. The molecule has 7 nitrogen and oxygen atoms in total. The zero-order valence-corrected chi connectivity index (χ0v) is 16.3. The number of ether oxygens (including phenoxy) is 1. The first kappa shape index (κ1) is 20.0. The summed E-state index contributed by atoms with van der Waals surface area (Å²) in [5.41, 5.74) is 2.74. The van der Waals surface area contributed by atoms with Gasteiger partial charge in [0, 0.05) is 12.2 Å². The van der Waals surface area contributed by atoms with Gasteiger partial charge in [-0.2, -0.15) is 0 Å². The zero-order chi connectivity index (χ0) is 20.6. The van der Waals surface area contributed by atoms with Crippen molar-refractivity contribution in [2.24, 2.45) is 0 Å². The van der Waals surface area contributed by atoms with E-state index in [1.54, 1.807) is 44.2 Å². The Bertz CT molecular complexity index is 1010. The van der Waals surface area contributed by atoms with Gasteiger partial charge >= 0.3 is 5.97 Å². The van der Waals surface area contributed by atoms with Crippen molar-refractivity contribution in [1.29, 1.82) is 0 Å². The molecule has 3 rings (SSSR count). The lowest BCUT2D eigenvalue weighted by Crippen LogP contribution is -2.24. The fraction of sp³-hybridized carbons (Fsp3) is 0.182. The quantitative estimate of drug-likeness (QED) is 0.599. The van der Waals surface area contributed by atoms with Gasteiger partial charge in [0.2, 0.25) is 5.95 Å². The van der Waals surface area contributed by atoms with Gasteiger partial charge in [0.25, 0.3) is 5.91 Å². The SMILES string of the molecule is CCOC(=O)c1ccccc1Nc1nc(C)cc(C(=O)NCc2ccccc2)n1. The molecule has 0 fully saturated rings. The Morgan fingerprint density at radius 1 is 1.00 bits per heavy atom. The van der Waals surface area contributed by atoms with Crippen molar-refractivity contribution < 1.29 is 14.3 Å². The fourth-order valence-electron chi connectivity index (χ4n) is 2.71. The van der Waals surface area contributed by atoms with Gasteiger partial charge in [-0.25, -0.2) is 14.8 Å². The molecule has 0 saturated heterocycles. The van der Waals surface area contributed by atoms with Crippen molar-refractivity contribution in [1.82, 2.24) is 15.3 Å². The monoisotopic (exact) mass is 390 g/mol. The Labute approximate surface area is 169 Å². The van der Waals surface area contributed by atoms with Gasteiger partial charge < -0.3 is 15.4 Å². The van der Waals surface area contributed by atoms with Gasteiger partial charge in [0.05, 0.1) is 17.9 Å². The summed E-state index contributed by atoms with van der Waals surface area (Å²) in [6.45, 7) is 4.20. The molecule has 0 spiro atoms. The van der Waals surface area contributed by atoms with E-state index < -0.39 is 5.97 Å². The number of carbonyl (C=O) groups is 2. The van der Waals surface area contributed by atoms with E-state index in [1.807, 2.05) is 30.3 Å². The summed E-state index contributed by atoms with van der Waals surface area (Å²) in [4.78, 5) is 33.3. The molecule has 0 aliphatic heterocycles. The molecule has 1 heterocycles. The standard InChI is InChI=1S/C22H22N4O3/c1-3-29-21(28)17-11-7-8-12-18(17)25-22-24-15(2)13-19(26-22)20(27)23-14-16-9-5-4-6-10-16/h4-13H,3,14H2,1-2H3,(H,23,27)(H,24,25,26). The van der Waals surface area contributed by atoms with Crippen LogP contribution in [0.4, 0.5) is 11.6 Å². The first-order valence-corrected chi connectivity index (χ1v) is 9.28. The lowest BCUT2D eigenvalue weighted by Gasteiger charge is -2.12. The van der Waals surface area contributed by atoms with Gasteiger partial charge in [-0.1, -0.05) is 42.5 Å². The van der Waals surface area contributed by atoms with Gasteiger partial charge in [0.15, 0.2) is 0 Å². The minimum absolute atomic E-state index is 0.228. The number of hydrogen-bond acceptors (Lipinski definition) is 6. The number of esters is 1. The van der Waals surface area contributed by atoms with E-state index in [-0.39, 0.29) is 24.2 Å². The molecular formula is C22H22N4O3. The molecule has 148 valence electrons. The van der Waals surface area contributed by atoms with Crippen molar-refractivity contribution in [3.8, 4) is 0 Å². The maximum absolute atomic E-state index is 12.5. The summed E-state index contributed by atoms with van der Waals surface area (Å²) in [7, 11) is 0. The van der Waals surface area contributed by atoms with E-state index >= 15 is 0 Å². The highest BCUT2D eigenvalue weighted by Gasteiger charge is 2.15. The van der Waals surface area contributed by atoms with Crippen molar-refractivity contribution in [2.45, 2.75) is 20.4 Å². The second-order valence-corrected chi connectivity index (χ2v) is 6.28. The number of rotatable bonds is 7. The van der Waals surface area contributed by atoms with E-state index in [0.29, 0.717) is 23.5 Å². The topological polar surface area (TPSA) is 93.2 Å². The molecule has 0 aliphatic carbocycles. The van der Waals surface area contributed by atoms with E-state index in [2.05, 4.69) is 20.6 Å². The van der Waals surface area contributed by atoms with Crippen LogP contribution in [0, 0.1) is 6.92 Å². The van der Waals surface area contributed by atoms with Crippen LogP contribution < -0.4 is 10.6 Å². The number of carbonyl (C=O) groups excluding carboxylic acids is 2. The minimum atomic E-state index is -0.441. The normalized spacial score (nSPS) is 10.3. The van der Waals surface area contributed by atoms with Gasteiger partial charge in [-0.3, -0.25) is 4.79 Å². The Balaban J connectivity index is 1.78.